The van der Waals surface area contributed by atoms with Crippen LogP contribution in [0.4, 0.5) is 0 Å². The molecule has 0 unspecified atom stereocenters. The molecule has 0 amide bonds. The van der Waals surface area contributed by atoms with Crippen molar-refractivity contribution in [1.82, 2.24) is 0 Å². The zero-order valence-corrected chi connectivity index (χ0v) is 4.90. The minimum absolute atomic E-state index is 0. The molecule has 0 aromatic carbocycles. The first-order chi connectivity index (χ1) is 1.41. The van der Waals surface area contributed by atoms with Gasteiger partial charge in [-0.05, 0) is 0 Å². The Hall–Kier alpha value is 1.47. The number of halogens is 1. The molecule has 24 valence electrons. The van der Waals surface area contributed by atoms with E-state index in [-0.39, 0.29) is 51.9 Å². The fourth-order valence-corrected chi connectivity index (χ4v) is 0. The van der Waals surface area contributed by atoms with E-state index in [9.17, 15) is 0 Å². The first-order valence-electron chi connectivity index (χ1n) is 0.323. The van der Waals surface area contributed by atoms with Crippen molar-refractivity contribution in [2.45, 2.75) is 0 Å². The van der Waals surface area contributed by atoms with Gasteiger partial charge in [0.25, 0.3) is 0 Å². The van der Waals surface area contributed by atoms with Gasteiger partial charge < -0.3 is 7.51 Å². The second-order valence-corrected chi connectivity index (χ2v) is 0.207. The summed E-state index contributed by atoms with van der Waals surface area (Å²) in [7, 11) is 0. The zero-order chi connectivity index (χ0) is 2.71. The summed E-state index contributed by atoms with van der Waals surface area (Å²) in [6.45, 7) is 0. The maximum atomic E-state index is 8.35. The molecular formula is H3CaClO2. The predicted molar refractivity (Wildman–Crippen MR) is 10.2 cm³/mol. The molecule has 0 aromatic heterocycles. The third-order valence-electron chi connectivity index (χ3n) is 0. The van der Waals surface area contributed by atoms with Crippen LogP contribution in [-0.4, -0.2) is 42.4 Å². The van der Waals surface area contributed by atoms with E-state index in [1.54, 1.807) is 0 Å². The second-order valence-electron chi connectivity index (χ2n) is 0.0690. The van der Waals surface area contributed by atoms with Crippen LogP contribution in [0.3, 0.4) is 0 Å². The molecule has 4 heteroatoms. The van der Waals surface area contributed by atoms with Gasteiger partial charge in [-0.2, -0.15) is 0 Å². The molecule has 0 saturated carbocycles. The third kappa shape index (κ3) is 9.80. The summed E-state index contributed by atoms with van der Waals surface area (Å²) in [6.07, 6.45) is 0. The molecule has 2 nitrogen and oxygen atoms in total. The van der Waals surface area contributed by atoms with Crippen molar-refractivity contribution in [3.63, 3.8) is 0 Å². The summed E-state index contributed by atoms with van der Waals surface area (Å²) in [5, 5.41) is 0. The summed E-state index contributed by atoms with van der Waals surface area (Å²) >= 11 is -0.167. The van der Waals surface area contributed by atoms with Crippen molar-refractivity contribution in [2.75, 3.05) is 0 Å². The van der Waals surface area contributed by atoms with E-state index >= 15 is 0 Å². The largest absolute Gasteiger partial charge is 2.00 e. The Morgan fingerprint density at radius 2 is 2.00 bits per heavy atom. The topological polar surface area (TPSA) is 43.3 Å². The van der Waals surface area contributed by atoms with Gasteiger partial charge in [-0.1, -0.05) is 0 Å². The van der Waals surface area contributed by atoms with Crippen molar-refractivity contribution >= 4 is 37.7 Å². The smallest absolute Gasteiger partial charge is 1.00 e. The van der Waals surface area contributed by atoms with Crippen molar-refractivity contribution < 1.29 is 23.5 Å². The molecule has 0 aliphatic rings. The van der Waals surface area contributed by atoms with Crippen LogP contribution in [-0.2, 0) is 0 Å². The van der Waals surface area contributed by atoms with Gasteiger partial charge in [0, 0.05) is 0 Å². The Kier molecular flexibility index (Phi) is 20.0. The van der Waals surface area contributed by atoms with Crippen LogP contribution in [0.1, 0.15) is 2.85 Å². The molecule has 0 fully saturated rings. The molecule has 4 heavy (non-hydrogen) atoms. The summed E-state index contributed by atoms with van der Waals surface area (Å²) in [4.78, 5) is 0. The van der Waals surface area contributed by atoms with E-state index < -0.39 is 0 Å². The average molecular weight is 111 g/mol. The van der Waals surface area contributed by atoms with E-state index in [1.807, 2.05) is 0 Å². The van der Waals surface area contributed by atoms with E-state index in [1.165, 1.54) is 0 Å². The fraction of sp³-hybridized carbons (Fsp3) is 0. The van der Waals surface area contributed by atoms with Gasteiger partial charge in [-0.15, -0.1) is 4.66 Å². The summed E-state index contributed by atoms with van der Waals surface area (Å²) in [5.41, 5.74) is 0. The van der Waals surface area contributed by atoms with Gasteiger partial charge in [-0.25, -0.2) is 0 Å². The fourth-order valence-electron chi connectivity index (χ4n) is 0. The Morgan fingerprint density at radius 3 is 2.00 bits per heavy atom. The van der Waals surface area contributed by atoms with Crippen molar-refractivity contribution in [2.24, 2.45) is 0 Å². The van der Waals surface area contributed by atoms with Gasteiger partial charge in [0.05, 0.1) is 0 Å². The molecule has 0 bridgehead atoms. The normalized spacial score (nSPS) is 4.50. The third-order valence-corrected chi connectivity index (χ3v) is 0. The summed E-state index contributed by atoms with van der Waals surface area (Å²) in [5.74, 6) is 0. The second kappa shape index (κ2) is 8.82. The SMILES string of the molecule is [Ca+2].[H-].[H-].[O-][Cl+]O. The Bertz CT molecular complexity index is 11.5. The van der Waals surface area contributed by atoms with Crippen LogP contribution in [0.2, 0.25) is 0 Å². The van der Waals surface area contributed by atoms with Crippen LogP contribution >= 0.6 is 0 Å². The van der Waals surface area contributed by atoms with Crippen LogP contribution in [0.15, 0.2) is 0 Å². The molecule has 0 aromatic rings. The predicted octanol–water partition coefficient (Wildman–Crippen LogP) is -1.90. The average Bonchev–Trinajstić information content (AvgIpc) is 0.918. The number of hydrogen-bond acceptors (Lipinski definition) is 2. The van der Waals surface area contributed by atoms with Crippen LogP contribution in [0.5, 0.6) is 0 Å². The van der Waals surface area contributed by atoms with Crippen molar-refractivity contribution in [3.8, 4) is 0 Å². The molecule has 1 N–H and O–H groups in total. The van der Waals surface area contributed by atoms with Gasteiger partial charge >= 0.3 is 49.1 Å². The maximum Gasteiger partial charge on any atom is 2.00 e. The first-order valence-corrected chi connectivity index (χ1v) is 0.970. The first kappa shape index (κ1) is 9.08. The van der Waals surface area contributed by atoms with Gasteiger partial charge in [0.15, 0.2) is 0 Å². The quantitative estimate of drug-likeness (QED) is 0.370. The molecule has 0 spiro atoms. The van der Waals surface area contributed by atoms with E-state index in [4.69, 9.17) is 9.32 Å². The molecule has 0 rings (SSSR count). The van der Waals surface area contributed by atoms with Crippen LogP contribution in [0, 0.1) is 11.3 Å². The Balaban J connectivity index is -0.00000000667. The van der Waals surface area contributed by atoms with Crippen LogP contribution < -0.4 is 4.66 Å². The minimum Gasteiger partial charge on any atom is -1.00 e. The molecule has 0 saturated heterocycles. The van der Waals surface area contributed by atoms with E-state index in [2.05, 4.69) is 0 Å². The summed E-state index contributed by atoms with van der Waals surface area (Å²) < 4.78 is 15.2. The maximum absolute atomic E-state index is 8.35. The Morgan fingerprint density at radius 1 is 2.00 bits per heavy atom. The van der Waals surface area contributed by atoms with E-state index in [0.717, 1.165) is 0 Å². The molecule has 0 aliphatic carbocycles. The molecule has 0 aliphatic heterocycles. The Labute approximate surface area is 60.9 Å². The molecule has 0 heterocycles. The van der Waals surface area contributed by atoms with Crippen LogP contribution in [0.25, 0.3) is 0 Å². The monoisotopic (exact) mass is 110 g/mol. The number of hydrogen-bond donors (Lipinski definition) is 1. The minimum atomic E-state index is -0.167. The molecular weight excluding hydrogens is 108 g/mol. The van der Waals surface area contributed by atoms with Crippen molar-refractivity contribution in [3.05, 3.63) is 0 Å². The van der Waals surface area contributed by atoms with Crippen molar-refractivity contribution in [1.29, 1.82) is 0 Å². The van der Waals surface area contributed by atoms with Gasteiger partial charge in [-0.3, -0.25) is 0 Å². The number of rotatable bonds is 0. The molecule has 0 radical (unpaired) electrons. The zero-order valence-electron chi connectivity index (χ0n) is 3.94. The standard InChI is InChI=1S/Ca.ClHO2.2H/c;2-1-3;;/h;2H;;/q+2;;2*-1. The molecule has 0 atom stereocenters. The van der Waals surface area contributed by atoms with E-state index in [0.29, 0.717) is 0 Å². The van der Waals surface area contributed by atoms with Gasteiger partial charge in [0.2, 0.25) is 0 Å². The van der Waals surface area contributed by atoms with Gasteiger partial charge in [0.1, 0.15) is 0 Å². The summed E-state index contributed by atoms with van der Waals surface area (Å²) in [6, 6.07) is 0.